The molecule has 12 heteroatoms. The summed E-state index contributed by atoms with van der Waals surface area (Å²) in [4.78, 5) is 50.2. The number of nitrogens with zero attached hydrogens (tertiary/aromatic N) is 2. The van der Waals surface area contributed by atoms with Gasteiger partial charge in [-0.3, -0.25) is 19.7 Å². The molecule has 2 amide bonds. The number of nitro groups is 1. The summed E-state index contributed by atoms with van der Waals surface area (Å²) in [7, 11) is 0. The van der Waals surface area contributed by atoms with Crippen LogP contribution in [-0.2, 0) is 25.7 Å². The van der Waals surface area contributed by atoms with Gasteiger partial charge in [0.15, 0.2) is 6.61 Å². The summed E-state index contributed by atoms with van der Waals surface area (Å²) in [6.45, 7) is 1.61. The van der Waals surface area contributed by atoms with Crippen LogP contribution >= 0.6 is 11.8 Å². The van der Waals surface area contributed by atoms with Crippen LogP contribution in [0.4, 0.5) is 5.69 Å². The number of aliphatic hydroxyl groups excluding tert-OH is 1. The number of benzene rings is 2. The molecule has 0 saturated carbocycles. The Morgan fingerprint density at radius 3 is 2.58 bits per heavy atom. The van der Waals surface area contributed by atoms with Gasteiger partial charge < -0.3 is 24.8 Å². The van der Waals surface area contributed by atoms with Gasteiger partial charge in [-0.2, -0.15) is 0 Å². The highest BCUT2D eigenvalue weighted by Crippen LogP contribution is 2.47. The molecule has 0 aliphatic carbocycles. The Hall–Kier alpha value is -3.90. The van der Waals surface area contributed by atoms with Crippen molar-refractivity contribution in [2.24, 2.45) is 5.92 Å². The van der Waals surface area contributed by atoms with Gasteiger partial charge >= 0.3 is 5.97 Å². The first-order valence-corrected chi connectivity index (χ1v) is 13.0. The molecule has 200 valence electrons. The normalized spacial score (nSPS) is 18.9. The van der Waals surface area contributed by atoms with Crippen LogP contribution in [0.5, 0.6) is 5.75 Å². The van der Waals surface area contributed by atoms with Crippen LogP contribution in [-0.4, -0.2) is 63.8 Å². The first-order valence-electron chi connectivity index (χ1n) is 12.0. The molecular formula is C26H27N3O8S. The van der Waals surface area contributed by atoms with E-state index < -0.39 is 22.9 Å². The van der Waals surface area contributed by atoms with Crippen LogP contribution in [0, 0.1) is 16.0 Å². The second-order valence-electron chi connectivity index (χ2n) is 8.82. The van der Waals surface area contributed by atoms with E-state index in [4.69, 9.17) is 9.47 Å². The van der Waals surface area contributed by atoms with E-state index in [1.165, 1.54) is 40.9 Å². The fourth-order valence-electron chi connectivity index (χ4n) is 4.36. The molecule has 38 heavy (non-hydrogen) atoms. The molecule has 1 saturated heterocycles. The first kappa shape index (κ1) is 27.1. The lowest BCUT2D eigenvalue weighted by Gasteiger charge is -2.44. The lowest BCUT2D eigenvalue weighted by molar-refractivity contribution is -0.384. The molecule has 4 rings (SSSR count). The van der Waals surface area contributed by atoms with E-state index in [0.717, 1.165) is 0 Å². The second kappa shape index (κ2) is 12.1. The molecule has 11 nitrogen and oxygen atoms in total. The van der Waals surface area contributed by atoms with E-state index in [1.54, 1.807) is 19.1 Å². The number of nitro benzene ring substituents is 1. The number of carbonyl (C=O) groups excluding carboxylic acids is 3. The largest absolute Gasteiger partial charge is 0.484 e. The van der Waals surface area contributed by atoms with Crippen LogP contribution in [0.25, 0.3) is 0 Å². The Bertz CT molecular complexity index is 1230. The van der Waals surface area contributed by atoms with Gasteiger partial charge in [-0.15, -0.1) is 11.8 Å². The average Bonchev–Trinajstić information content (AvgIpc) is 3.23. The quantitative estimate of drug-likeness (QED) is 0.136. The molecule has 2 N–H and O–H groups in total. The summed E-state index contributed by atoms with van der Waals surface area (Å²) in [5, 5.41) is 23.6. The van der Waals surface area contributed by atoms with Crippen LogP contribution in [0.1, 0.15) is 18.9 Å². The van der Waals surface area contributed by atoms with Crippen molar-refractivity contribution in [2.45, 2.75) is 32.1 Å². The number of hydrogen-bond donors (Lipinski definition) is 2. The van der Waals surface area contributed by atoms with Crippen LogP contribution in [0.3, 0.4) is 0 Å². The molecule has 1 fully saturated rings. The smallest absolute Gasteiger partial charge is 0.356 e. The second-order valence-corrected chi connectivity index (χ2v) is 10.0. The van der Waals surface area contributed by atoms with Crippen LogP contribution < -0.4 is 10.1 Å². The van der Waals surface area contributed by atoms with Gasteiger partial charge in [0, 0.05) is 35.8 Å². The molecule has 2 aromatic carbocycles. The SMILES string of the molecule is C[C@H](O)[C@H]1C(=O)N2C(C(=O)OCc3ccc([N+](=O)[O-])cc3)=C(SCCNC(=O)COc3ccccc3)C[C@H]12. The van der Waals surface area contributed by atoms with Crippen molar-refractivity contribution >= 4 is 35.2 Å². The fourth-order valence-corrected chi connectivity index (χ4v) is 5.42. The Kier molecular flexibility index (Phi) is 8.64. The number of nitrogens with one attached hydrogen (secondary N) is 1. The average molecular weight is 542 g/mol. The number of esters is 1. The van der Waals surface area contributed by atoms with Crippen molar-refractivity contribution in [3.05, 3.63) is 80.9 Å². The molecule has 2 aliphatic heterocycles. The molecule has 0 unspecified atom stereocenters. The van der Waals surface area contributed by atoms with Crippen molar-refractivity contribution in [3.63, 3.8) is 0 Å². The molecule has 3 atom stereocenters. The zero-order chi connectivity index (χ0) is 27.2. The molecule has 0 spiro atoms. The lowest BCUT2D eigenvalue weighted by atomic mass is 9.83. The minimum Gasteiger partial charge on any atom is -0.484 e. The summed E-state index contributed by atoms with van der Waals surface area (Å²) in [5.74, 6) is -0.877. The highest BCUT2D eigenvalue weighted by molar-refractivity contribution is 8.03. The van der Waals surface area contributed by atoms with Gasteiger partial charge in [-0.1, -0.05) is 18.2 Å². The number of thioether (sulfide) groups is 1. The summed E-state index contributed by atoms with van der Waals surface area (Å²) in [6, 6.07) is 14.3. The first-order chi connectivity index (χ1) is 18.3. The summed E-state index contributed by atoms with van der Waals surface area (Å²) < 4.78 is 10.9. The van der Waals surface area contributed by atoms with E-state index in [2.05, 4.69) is 5.32 Å². The maximum Gasteiger partial charge on any atom is 0.356 e. The maximum absolute atomic E-state index is 13.0. The van der Waals surface area contributed by atoms with E-state index in [1.807, 2.05) is 18.2 Å². The number of non-ortho nitro benzene ring substituents is 1. The Morgan fingerprint density at radius 1 is 1.21 bits per heavy atom. The number of amides is 2. The predicted octanol–water partition coefficient (Wildman–Crippen LogP) is 2.39. The van der Waals surface area contributed by atoms with Gasteiger partial charge in [0.25, 0.3) is 11.6 Å². The maximum atomic E-state index is 13.0. The van der Waals surface area contributed by atoms with Gasteiger partial charge in [0.2, 0.25) is 5.91 Å². The lowest BCUT2D eigenvalue weighted by Crippen LogP contribution is -2.61. The summed E-state index contributed by atoms with van der Waals surface area (Å²) in [6.07, 6.45) is -0.451. The molecule has 0 radical (unpaired) electrons. The fraction of sp³-hybridized carbons (Fsp3) is 0.346. The summed E-state index contributed by atoms with van der Waals surface area (Å²) in [5.41, 5.74) is 0.627. The highest BCUT2D eigenvalue weighted by atomic mass is 32.2. The number of fused-ring (bicyclic) bond motifs is 1. The van der Waals surface area contributed by atoms with E-state index in [9.17, 15) is 29.6 Å². The van der Waals surface area contributed by atoms with Gasteiger partial charge in [-0.25, -0.2) is 4.79 Å². The molecule has 0 bridgehead atoms. The molecule has 0 aromatic heterocycles. The Morgan fingerprint density at radius 2 is 1.92 bits per heavy atom. The third-order valence-electron chi connectivity index (χ3n) is 6.21. The van der Waals surface area contributed by atoms with Crippen molar-refractivity contribution in [2.75, 3.05) is 18.9 Å². The van der Waals surface area contributed by atoms with Gasteiger partial charge in [0.05, 0.1) is 23.0 Å². The molecular weight excluding hydrogens is 514 g/mol. The molecule has 2 heterocycles. The predicted molar refractivity (Wildman–Crippen MR) is 138 cm³/mol. The Labute approximate surface area is 222 Å². The van der Waals surface area contributed by atoms with Crippen molar-refractivity contribution in [3.8, 4) is 5.75 Å². The van der Waals surface area contributed by atoms with E-state index >= 15 is 0 Å². The zero-order valence-electron chi connectivity index (χ0n) is 20.6. The molecule has 2 aromatic rings. The highest BCUT2D eigenvalue weighted by Gasteiger charge is 2.57. The van der Waals surface area contributed by atoms with Gasteiger partial charge in [0.1, 0.15) is 18.1 Å². The van der Waals surface area contributed by atoms with Gasteiger partial charge in [-0.05, 0) is 36.8 Å². The van der Waals surface area contributed by atoms with Crippen molar-refractivity contribution in [1.82, 2.24) is 10.2 Å². The minimum absolute atomic E-state index is 0.0748. The molecule has 2 aliphatic rings. The number of hydrogen-bond acceptors (Lipinski definition) is 9. The number of β-lactam (4-membered cyclic amide) rings is 1. The minimum atomic E-state index is -0.852. The number of para-hydroxylation sites is 1. The summed E-state index contributed by atoms with van der Waals surface area (Å²) >= 11 is 1.34. The van der Waals surface area contributed by atoms with E-state index in [-0.39, 0.29) is 42.5 Å². The number of ether oxygens (including phenoxy) is 2. The monoisotopic (exact) mass is 541 g/mol. The zero-order valence-corrected chi connectivity index (χ0v) is 21.4. The Balaban J connectivity index is 1.34. The third-order valence-corrected chi connectivity index (χ3v) is 7.33. The van der Waals surface area contributed by atoms with Crippen LogP contribution in [0.15, 0.2) is 65.2 Å². The number of carbonyl (C=O) groups is 3. The van der Waals surface area contributed by atoms with Crippen molar-refractivity contribution < 1.29 is 33.9 Å². The topological polar surface area (TPSA) is 148 Å². The van der Waals surface area contributed by atoms with E-state index in [0.29, 0.717) is 34.9 Å². The number of rotatable bonds is 12. The standard InChI is InChI=1S/C26H27N3O8S/c1-16(30)23-20-13-21(38-12-11-27-22(31)15-36-19-5-3-2-4-6-19)24(28(20)25(23)32)26(33)37-14-17-7-9-18(10-8-17)29(34)35/h2-10,16,20,23,30H,11-15H2,1H3,(H,27,31)/t16-,20+,23+/m0/s1. The number of aliphatic hydroxyl groups is 1. The van der Waals surface area contributed by atoms with Crippen molar-refractivity contribution in [1.29, 1.82) is 0 Å². The third kappa shape index (κ3) is 6.14. The van der Waals surface area contributed by atoms with Crippen LogP contribution in [0.2, 0.25) is 0 Å².